The van der Waals surface area contributed by atoms with Crippen LogP contribution in [0.2, 0.25) is 0 Å². The van der Waals surface area contributed by atoms with Crippen molar-refractivity contribution in [1.82, 2.24) is 14.5 Å². The molecule has 2 aliphatic rings. The Bertz CT molecular complexity index is 899. The lowest BCUT2D eigenvalue weighted by Crippen LogP contribution is -2.47. The maximum atomic E-state index is 13.1. The molecular weight excluding hydrogens is 352 g/mol. The molecule has 3 heterocycles. The summed E-state index contributed by atoms with van der Waals surface area (Å²) in [5, 5.41) is 0. The van der Waals surface area contributed by atoms with E-state index in [0.717, 1.165) is 56.4 Å². The van der Waals surface area contributed by atoms with Gasteiger partial charge in [0.15, 0.2) is 5.82 Å². The van der Waals surface area contributed by atoms with Crippen LogP contribution in [0.4, 0.5) is 5.82 Å². The van der Waals surface area contributed by atoms with Crippen molar-refractivity contribution in [2.45, 2.75) is 52.0 Å². The van der Waals surface area contributed by atoms with Crippen molar-refractivity contribution in [1.29, 1.82) is 0 Å². The molecule has 0 saturated carbocycles. The number of aryl methyl sites for hydroxylation is 1. The third kappa shape index (κ3) is 3.64. The first-order valence-electron chi connectivity index (χ1n) is 10.7. The van der Waals surface area contributed by atoms with Crippen molar-refractivity contribution >= 4 is 22.8 Å². The number of carbonyl (C=O) groups excluding carboxylic acids is 1. The van der Waals surface area contributed by atoms with Crippen LogP contribution < -0.4 is 10.5 Å². The van der Waals surface area contributed by atoms with E-state index in [0.29, 0.717) is 18.9 Å². The van der Waals surface area contributed by atoms with Crippen molar-refractivity contribution in [3.8, 4) is 0 Å². The number of amides is 1. The Kier molecular flexibility index (Phi) is 5.64. The van der Waals surface area contributed by atoms with Crippen molar-refractivity contribution in [2.24, 2.45) is 5.92 Å². The average Bonchev–Trinajstić information content (AvgIpc) is 3.02. The van der Waals surface area contributed by atoms with Gasteiger partial charge in [0.2, 0.25) is 5.91 Å². The van der Waals surface area contributed by atoms with Gasteiger partial charge in [0, 0.05) is 32.7 Å². The van der Waals surface area contributed by atoms with E-state index in [-0.39, 0.29) is 17.4 Å². The zero-order chi connectivity index (χ0) is 19.5. The van der Waals surface area contributed by atoms with Crippen LogP contribution in [-0.2, 0) is 11.3 Å². The van der Waals surface area contributed by atoms with Crippen molar-refractivity contribution in [3.05, 3.63) is 34.6 Å². The van der Waals surface area contributed by atoms with Gasteiger partial charge in [0.1, 0.15) is 0 Å². The number of hydrogen-bond donors (Lipinski definition) is 0. The number of para-hydroxylation sites is 2. The second-order valence-corrected chi connectivity index (χ2v) is 8.00. The fraction of sp³-hybridized carbons (Fsp3) is 0.591. The zero-order valence-electron chi connectivity index (χ0n) is 16.8. The number of likely N-dealkylation sites (tertiary alicyclic amines) is 1. The summed E-state index contributed by atoms with van der Waals surface area (Å²) in [7, 11) is 0. The van der Waals surface area contributed by atoms with Crippen LogP contribution in [0.1, 0.15) is 45.4 Å². The Morgan fingerprint density at radius 2 is 1.82 bits per heavy atom. The number of rotatable bonds is 3. The first-order chi connectivity index (χ1) is 13.7. The van der Waals surface area contributed by atoms with Crippen LogP contribution in [0.15, 0.2) is 29.1 Å². The number of nitrogens with zero attached hydrogens (tertiary/aromatic N) is 4. The van der Waals surface area contributed by atoms with E-state index >= 15 is 0 Å². The van der Waals surface area contributed by atoms with Crippen LogP contribution in [0.3, 0.4) is 0 Å². The molecule has 0 N–H and O–H groups in total. The first-order valence-corrected chi connectivity index (χ1v) is 10.7. The maximum absolute atomic E-state index is 13.1. The Labute approximate surface area is 166 Å². The lowest BCUT2D eigenvalue weighted by Gasteiger charge is -2.35. The molecule has 150 valence electrons. The van der Waals surface area contributed by atoms with Gasteiger partial charge in [-0.15, -0.1) is 0 Å². The lowest BCUT2D eigenvalue weighted by molar-refractivity contribution is -0.135. The molecule has 1 aromatic carbocycles. The van der Waals surface area contributed by atoms with Gasteiger partial charge in [0.25, 0.3) is 5.56 Å². The maximum Gasteiger partial charge on any atom is 0.293 e. The molecule has 0 aliphatic carbocycles. The quantitative estimate of drug-likeness (QED) is 0.819. The average molecular weight is 383 g/mol. The molecular formula is C22H30N4O2. The predicted octanol–water partition coefficient (Wildman–Crippen LogP) is 3.04. The second kappa shape index (κ2) is 8.33. The third-order valence-corrected chi connectivity index (χ3v) is 6.14. The number of aromatic nitrogens is 2. The van der Waals surface area contributed by atoms with Crippen LogP contribution in [0, 0.1) is 5.92 Å². The third-order valence-electron chi connectivity index (χ3n) is 6.14. The first kappa shape index (κ1) is 19.0. The molecule has 1 aromatic heterocycles. The minimum Gasteiger partial charge on any atom is -0.351 e. The molecule has 2 fully saturated rings. The topological polar surface area (TPSA) is 58.4 Å². The molecule has 2 aromatic rings. The minimum atomic E-state index is -0.0518. The summed E-state index contributed by atoms with van der Waals surface area (Å²) in [4.78, 5) is 35.0. The Balaban J connectivity index is 1.60. The number of carbonyl (C=O) groups is 1. The summed E-state index contributed by atoms with van der Waals surface area (Å²) < 4.78 is 1.79. The summed E-state index contributed by atoms with van der Waals surface area (Å²) in [6, 6.07) is 7.78. The summed E-state index contributed by atoms with van der Waals surface area (Å²) in [6.07, 6.45) is 6.48. The van der Waals surface area contributed by atoms with Crippen LogP contribution in [0.5, 0.6) is 0 Å². The lowest BCUT2D eigenvalue weighted by atomic mass is 9.96. The largest absolute Gasteiger partial charge is 0.351 e. The van der Waals surface area contributed by atoms with Crippen molar-refractivity contribution in [2.75, 3.05) is 31.1 Å². The molecule has 2 saturated heterocycles. The monoisotopic (exact) mass is 382 g/mol. The minimum absolute atomic E-state index is 0.0328. The van der Waals surface area contributed by atoms with Gasteiger partial charge in [-0.25, -0.2) is 4.98 Å². The van der Waals surface area contributed by atoms with E-state index in [2.05, 4.69) is 4.90 Å². The van der Waals surface area contributed by atoms with E-state index in [9.17, 15) is 9.59 Å². The van der Waals surface area contributed by atoms with E-state index in [1.54, 1.807) is 4.57 Å². The number of benzene rings is 1. The Morgan fingerprint density at radius 1 is 1.07 bits per heavy atom. The van der Waals surface area contributed by atoms with E-state index in [1.165, 1.54) is 12.8 Å². The second-order valence-electron chi connectivity index (χ2n) is 8.00. The number of hydrogen-bond acceptors (Lipinski definition) is 4. The smallest absolute Gasteiger partial charge is 0.293 e. The predicted molar refractivity (Wildman–Crippen MR) is 112 cm³/mol. The van der Waals surface area contributed by atoms with Crippen molar-refractivity contribution < 1.29 is 4.79 Å². The van der Waals surface area contributed by atoms with Gasteiger partial charge in [-0.3, -0.25) is 9.59 Å². The number of fused-ring (bicyclic) bond motifs is 1. The van der Waals surface area contributed by atoms with Gasteiger partial charge >= 0.3 is 0 Å². The van der Waals surface area contributed by atoms with Gasteiger partial charge in [-0.2, -0.15) is 0 Å². The fourth-order valence-corrected chi connectivity index (χ4v) is 4.62. The molecule has 28 heavy (non-hydrogen) atoms. The molecule has 4 rings (SSSR count). The number of anilines is 1. The van der Waals surface area contributed by atoms with Gasteiger partial charge in [0.05, 0.1) is 17.0 Å². The summed E-state index contributed by atoms with van der Waals surface area (Å²) in [5.41, 5.74) is 1.65. The van der Waals surface area contributed by atoms with Crippen molar-refractivity contribution in [3.63, 3.8) is 0 Å². The molecule has 1 unspecified atom stereocenters. The molecule has 0 bridgehead atoms. The highest BCUT2D eigenvalue weighted by Gasteiger charge is 2.31. The summed E-state index contributed by atoms with van der Waals surface area (Å²) >= 11 is 0. The highest BCUT2D eigenvalue weighted by molar-refractivity contribution is 5.80. The molecule has 6 nitrogen and oxygen atoms in total. The highest BCUT2D eigenvalue weighted by atomic mass is 16.2. The summed E-state index contributed by atoms with van der Waals surface area (Å²) in [5.74, 6) is 0.728. The van der Waals surface area contributed by atoms with Gasteiger partial charge < -0.3 is 14.4 Å². The Morgan fingerprint density at radius 3 is 2.57 bits per heavy atom. The van der Waals surface area contributed by atoms with Crippen LogP contribution >= 0.6 is 0 Å². The standard InChI is InChI=1S/C22H30N4O2/c1-2-26-19-12-6-5-11-18(19)23-20(22(26)28)25-15-9-10-17(16-25)21(27)24-13-7-3-4-8-14-24/h5-6,11-12,17H,2-4,7-10,13-16H2,1H3. The molecule has 1 amide bonds. The molecule has 1 atom stereocenters. The van der Waals surface area contributed by atoms with Gasteiger partial charge in [-0.05, 0) is 44.7 Å². The molecule has 6 heteroatoms. The molecule has 2 aliphatic heterocycles. The zero-order valence-corrected chi connectivity index (χ0v) is 16.8. The van der Waals surface area contributed by atoms with E-state index < -0.39 is 0 Å². The molecule has 0 radical (unpaired) electrons. The molecule has 0 spiro atoms. The van der Waals surface area contributed by atoms with Gasteiger partial charge in [-0.1, -0.05) is 25.0 Å². The van der Waals surface area contributed by atoms with E-state index in [1.807, 2.05) is 36.1 Å². The SMILES string of the molecule is CCn1c(=O)c(N2CCCC(C(=O)N3CCCCCC3)C2)nc2ccccc21. The normalized spacial score (nSPS) is 21.0. The fourth-order valence-electron chi connectivity index (χ4n) is 4.62. The van der Waals surface area contributed by atoms with E-state index in [4.69, 9.17) is 4.98 Å². The Hall–Kier alpha value is -2.37. The van der Waals surface area contributed by atoms with Crippen LogP contribution in [-0.4, -0.2) is 46.5 Å². The highest BCUT2D eigenvalue weighted by Crippen LogP contribution is 2.24. The van der Waals surface area contributed by atoms with Crippen LogP contribution in [0.25, 0.3) is 11.0 Å². The number of piperidine rings is 1. The summed E-state index contributed by atoms with van der Waals surface area (Å²) in [6.45, 7) is 5.74.